The van der Waals surface area contributed by atoms with Gasteiger partial charge in [0.05, 0.1) is 30.5 Å². The second-order valence-electron chi connectivity index (χ2n) is 6.17. The van der Waals surface area contributed by atoms with Gasteiger partial charge in [0, 0.05) is 38.3 Å². The Kier molecular flexibility index (Phi) is 6.46. The Labute approximate surface area is 168 Å². The molecule has 27 heavy (non-hydrogen) atoms. The molecule has 6 nitrogen and oxygen atoms in total. The topological polar surface area (TPSA) is 51.2 Å². The summed E-state index contributed by atoms with van der Waals surface area (Å²) in [5, 5.41) is 0. The van der Waals surface area contributed by atoms with Gasteiger partial charge in [-0.1, -0.05) is 17.7 Å². The highest BCUT2D eigenvalue weighted by Gasteiger charge is 2.25. The summed E-state index contributed by atoms with van der Waals surface area (Å²) in [6.07, 6.45) is 0. The minimum atomic E-state index is 0.0512. The van der Waals surface area contributed by atoms with Gasteiger partial charge in [-0.3, -0.25) is 9.69 Å². The molecule has 146 valence electrons. The van der Waals surface area contributed by atoms with Crippen LogP contribution in [0, 0.1) is 0 Å². The van der Waals surface area contributed by atoms with Crippen LogP contribution in [-0.4, -0.2) is 63.2 Å². The molecule has 2 aromatic rings. The molecule has 2 heterocycles. The van der Waals surface area contributed by atoms with E-state index in [1.54, 1.807) is 33.5 Å². The minimum absolute atomic E-state index is 0.0512. The summed E-state index contributed by atoms with van der Waals surface area (Å²) in [7, 11) is 4.84. The van der Waals surface area contributed by atoms with Gasteiger partial charge in [-0.15, -0.1) is 11.3 Å². The molecule has 0 radical (unpaired) electrons. The largest absolute Gasteiger partial charge is 0.493 e. The number of carbonyl (C=O) groups is 1. The number of methoxy groups -OCH3 is 3. The lowest BCUT2D eigenvalue weighted by Crippen LogP contribution is -2.48. The van der Waals surface area contributed by atoms with Crippen molar-refractivity contribution in [2.24, 2.45) is 0 Å². The summed E-state index contributed by atoms with van der Waals surface area (Å²) in [5.41, 5.74) is 1.03. The highest BCUT2D eigenvalue weighted by molar-refractivity contribution is 7.17. The van der Waals surface area contributed by atoms with Crippen molar-refractivity contribution in [2.75, 3.05) is 47.5 Å². The maximum Gasteiger partial charge on any atom is 0.264 e. The first-order valence-electron chi connectivity index (χ1n) is 8.62. The van der Waals surface area contributed by atoms with Crippen molar-refractivity contribution in [3.63, 3.8) is 0 Å². The Balaban J connectivity index is 1.65. The van der Waals surface area contributed by atoms with Gasteiger partial charge in [-0.2, -0.15) is 0 Å². The third-order valence-corrected chi connectivity index (χ3v) is 5.84. The predicted octanol–water partition coefficient (Wildman–Crippen LogP) is 3.39. The Morgan fingerprint density at radius 3 is 2.26 bits per heavy atom. The van der Waals surface area contributed by atoms with Crippen molar-refractivity contribution in [3.05, 3.63) is 39.0 Å². The molecular formula is C19H23ClN2O4S. The number of halogens is 1. The average molecular weight is 411 g/mol. The van der Waals surface area contributed by atoms with Crippen molar-refractivity contribution in [1.82, 2.24) is 9.80 Å². The molecule has 0 unspecified atom stereocenters. The van der Waals surface area contributed by atoms with E-state index in [0.717, 1.165) is 25.2 Å². The molecule has 3 rings (SSSR count). The van der Waals surface area contributed by atoms with Crippen LogP contribution in [0.1, 0.15) is 15.2 Å². The number of benzene rings is 1. The summed E-state index contributed by atoms with van der Waals surface area (Å²) < 4.78 is 17.0. The maximum atomic E-state index is 12.5. The molecule has 1 aliphatic heterocycles. The lowest BCUT2D eigenvalue weighted by molar-refractivity contribution is 0.0632. The van der Waals surface area contributed by atoms with Crippen LogP contribution in [0.3, 0.4) is 0 Å². The number of piperazine rings is 1. The molecule has 1 saturated heterocycles. The Morgan fingerprint density at radius 1 is 1.00 bits per heavy atom. The van der Waals surface area contributed by atoms with Gasteiger partial charge in [-0.25, -0.2) is 0 Å². The maximum absolute atomic E-state index is 12.5. The van der Waals surface area contributed by atoms with E-state index in [1.807, 2.05) is 17.0 Å². The summed E-state index contributed by atoms with van der Waals surface area (Å²) in [5.74, 6) is 1.97. The number of hydrogen-bond acceptors (Lipinski definition) is 6. The zero-order chi connectivity index (χ0) is 19.4. The van der Waals surface area contributed by atoms with Gasteiger partial charge in [0.2, 0.25) is 5.75 Å². The number of amides is 1. The van der Waals surface area contributed by atoms with Crippen LogP contribution in [0.15, 0.2) is 24.3 Å². The number of rotatable bonds is 6. The molecular weight excluding hydrogens is 388 g/mol. The first-order chi connectivity index (χ1) is 13.1. The lowest BCUT2D eigenvalue weighted by Gasteiger charge is -2.34. The van der Waals surface area contributed by atoms with Gasteiger partial charge in [-0.05, 0) is 18.2 Å². The fraction of sp³-hybridized carbons (Fsp3) is 0.421. The zero-order valence-corrected chi connectivity index (χ0v) is 17.2. The highest BCUT2D eigenvalue weighted by Crippen LogP contribution is 2.40. The smallest absolute Gasteiger partial charge is 0.264 e. The molecule has 1 fully saturated rings. The number of carbonyl (C=O) groups excluding carboxylic acids is 1. The molecule has 0 spiro atoms. The highest BCUT2D eigenvalue weighted by atomic mass is 35.5. The molecule has 1 aromatic carbocycles. The van der Waals surface area contributed by atoms with Crippen molar-refractivity contribution < 1.29 is 19.0 Å². The molecule has 1 amide bonds. The quantitative estimate of drug-likeness (QED) is 0.730. The van der Waals surface area contributed by atoms with Gasteiger partial charge < -0.3 is 19.1 Å². The van der Waals surface area contributed by atoms with Crippen molar-refractivity contribution in [1.29, 1.82) is 0 Å². The monoisotopic (exact) mass is 410 g/mol. The van der Waals surface area contributed by atoms with Crippen molar-refractivity contribution in [2.45, 2.75) is 6.54 Å². The Bertz CT molecular complexity index is 803. The van der Waals surface area contributed by atoms with E-state index in [0.29, 0.717) is 39.6 Å². The van der Waals surface area contributed by atoms with Crippen LogP contribution < -0.4 is 14.2 Å². The first-order valence-corrected chi connectivity index (χ1v) is 9.81. The van der Waals surface area contributed by atoms with Gasteiger partial charge in [0.25, 0.3) is 5.91 Å². The lowest BCUT2D eigenvalue weighted by atomic mass is 10.1. The van der Waals surface area contributed by atoms with E-state index in [9.17, 15) is 4.79 Å². The minimum Gasteiger partial charge on any atom is -0.493 e. The molecule has 1 aliphatic rings. The normalized spacial score (nSPS) is 14.9. The van der Waals surface area contributed by atoms with Crippen LogP contribution >= 0.6 is 22.9 Å². The van der Waals surface area contributed by atoms with E-state index in [4.69, 9.17) is 25.8 Å². The summed E-state index contributed by atoms with van der Waals surface area (Å²) in [6, 6.07) is 7.43. The molecule has 0 saturated carbocycles. The molecule has 0 atom stereocenters. The average Bonchev–Trinajstić information content (AvgIpc) is 3.13. The summed E-state index contributed by atoms with van der Waals surface area (Å²) in [4.78, 5) is 17.4. The van der Waals surface area contributed by atoms with Crippen LogP contribution in [0.2, 0.25) is 4.34 Å². The van der Waals surface area contributed by atoms with Gasteiger partial charge in [0.15, 0.2) is 11.5 Å². The van der Waals surface area contributed by atoms with E-state index < -0.39 is 0 Å². The van der Waals surface area contributed by atoms with Crippen molar-refractivity contribution >= 4 is 28.8 Å². The first kappa shape index (κ1) is 19.8. The van der Waals surface area contributed by atoms with E-state index in [1.165, 1.54) is 11.3 Å². The second-order valence-corrected chi connectivity index (χ2v) is 7.88. The molecule has 0 aliphatic carbocycles. The van der Waals surface area contributed by atoms with Crippen LogP contribution in [0.4, 0.5) is 0 Å². The fourth-order valence-electron chi connectivity index (χ4n) is 3.22. The zero-order valence-electron chi connectivity index (χ0n) is 15.7. The summed E-state index contributed by atoms with van der Waals surface area (Å²) in [6.45, 7) is 3.68. The second kappa shape index (κ2) is 8.82. The predicted molar refractivity (Wildman–Crippen MR) is 107 cm³/mol. The van der Waals surface area contributed by atoms with Gasteiger partial charge in [0.1, 0.15) is 0 Å². The Hall–Kier alpha value is -1.96. The fourth-order valence-corrected chi connectivity index (χ4v) is 4.23. The van der Waals surface area contributed by atoms with E-state index in [-0.39, 0.29) is 5.91 Å². The molecule has 1 aromatic heterocycles. The summed E-state index contributed by atoms with van der Waals surface area (Å²) >= 11 is 7.26. The van der Waals surface area contributed by atoms with Crippen molar-refractivity contribution in [3.8, 4) is 17.2 Å². The number of hydrogen-bond donors (Lipinski definition) is 0. The number of nitrogens with zero attached hydrogens (tertiary/aromatic N) is 2. The molecule has 0 N–H and O–H groups in total. The van der Waals surface area contributed by atoms with Crippen LogP contribution in [0.25, 0.3) is 0 Å². The SMILES string of the molecule is COc1ccc(CN2CCN(C(=O)c3ccc(Cl)s3)CC2)c(OC)c1OC. The Morgan fingerprint density at radius 2 is 1.70 bits per heavy atom. The standard InChI is InChI=1S/C19H23ClN2O4S/c1-24-14-5-4-13(17(25-2)18(14)26-3)12-21-8-10-22(11-9-21)19(23)15-6-7-16(20)27-15/h4-7H,8-12H2,1-3H3. The van der Waals surface area contributed by atoms with Crippen LogP contribution in [-0.2, 0) is 6.54 Å². The number of thiophene rings is 1. The number of ether oxygens (including phenoxy) is 3. The van der Waals surface area contributed by atoms with E-state index in [2.05, 4.69) is 4.90 Å². The van der Waals surface area contributed by atoms with Crippen LogP contribution in [0.5, 0.6) is 17.2 Å². The molecule has 8 heteroatoms. The van der Waals surface area contributed by atoms with E-state index >= 15 is 0 Å². The third kappa shape index (κ3) is 4.31. The molecule has 0 bridgehead atoms. The van der Waals surface area contributed by atoms with Gasteiger partial charge >= 0.3 is 0 Å². The third-order valence-electron chi connectivity index (χ3n) is 4.62.